The number of halogens is 2. The van der Waals surface area contributed by atoms with Crippen LogP contribution in [0.4, 0.5) is 0 Å². The number of quaternary nitrogens is 2. The predicted molar refractivity (Wildman–Crippen MR) is 84.8 cm³/mol. The van der Waals surface area contributed by atoms with Crippen LogP contribution in [0.5, 0.6) is 0 Å². The summed E-state index contributed by atoms with van der Waals surface area (Å²) in [6.07, 6.45) is 0. The number of hydrogen-bond donors (Lipinski definition) is 0. The zero-order chi connectivity index (χ0) is 14.7. The molecule has 0 fully saturated rings. The molecular weight excluding hydrogens is 380 g/mol. The van der Waals surface area contributed by atoms with Crippen LogP contribution in [0.3, 0.4) is 0 Å². The van der Waals surface area contributed by atoms with Gasteiger partial charge in [-0.3, -0.25) is 0 Å². The first-order valence-corrected chi connectivity index (χ1v) is 8.19. The summed E-state index contributed by atoms with van der Waals surface area (Å²) < 4.78 is 2.56. The van der Waals surface area contributed by atoms with E-state index >= 15 is 0 Å². The first-order valence-electron chi connectivity index (χ1n) is 8.19. The van der Waals surface area contributed by atoms with E-state index in [-0.39, 0.29) is 34.0 Å². The summed E-state index contributed by atoms with van der Waals surface area (Å²) in [5, 5.41) is 0. The third-order valence-electron chi connectivity index (χ3n) is 5.37. The molecule has 128 valence electrons. The topological polar surface area (TPSA) is 0 Å². The third-order valence-corrected chi connectivity index (χ3v) is 5.37. The zero-order valence-corrected chi connectivity index (χ0v) is 18.5. The molecule has 0 aliphatic carbocycles. The predicted octanol–water partition coefficient (Wildman–Crippen LogP) is -2.23. The first-order chi connectivity index (χ1) is 8.49. The summed E-state index contributed by atoms with van der Waals surface area (Å²) in [6.45, 7) is 28.4. The third kappa shape index (κ3) is 9.75. The van der Waals surface area contributed by atoms with Crippen LogP contribution >= 0.6 is 0 Å². The van der Waals surface area contributed by atoms with E-state index < -0.39 is 0 Å². The molecule has 0 N–H and O–H groups in total. The Morgan fingerprint density at radius 3 is 0.450 bits per heavy atom. The molecular formula is C16H40Br2N2. The molecule has 0 unspecified atom stereocenters. The summed E-state index contributed by atoms with van der Waals surface area (Å²) in [7, 11) is 0. The van der Waals surface area contributed by atoms with Gasteiger partial charge in [0.05, 0.1) is 52.4 Å². The molecule has 20 heavy (non-hydrogen) atoms. The fourth-order valence-electron chi connectivity index (χ4n) is 2.68. The highest BCUT2D eigenvalue weighted by molar-refractivity contribution is 4.31. The van der Waals surface area contributed by atoms with Crippen molar-refractivity contribution in [1.29, 1.82) is 0 Å². The van der Waals surface area contributed by atoms with E-state index in [1.54, 1.807) is 0 Å². The average Bonchev–Trinajstić information content (AvgIpc) is 2.46. The fourth-order valence-corrected chi connectivity index (χ4v) is 2.68. The van der Waals surface area contributed by atoms with Gasteiger partial charge in [0.25, 0.3) is 0 Å². The van der Waals surface area contributed by atoms with Gasteiger partial charge in [-0.05, 0) is 55.4 Å². The SMILES string of the molecule is CC[N+](CC)(CC)CC.CC[N+](CC)(CC)CC.[Br-].[Br-]. The number of hydrogen-bond acceptors (Lipinski definition) is 0. The molecule has 0 aromatic carbocycles. The molecule has 4 heteroatoms. The highest BCUT2D eigenvalue weighted by atomic mass is 79.9. The van der Waals surface area contributed by atoms with Crippen LogP contribution in [0.1, 0.15) is 55.4 Å². The summed E-state index contributed by atoms with van der Waals surface area (Å²) in [5.74, 6) is 0. The van der Waals surface area contributed by atoms with E-state index in [4.69, 9.17) is 0 Å². The van der Waals surface area contributed by atoms with Crippen LogP contribution in [0.25, 0.3) is 0 Å². The molecule has 0 aliphatic rings. The lowest BCUT2D eigenvalue weighted by molar-refractivity contribution is -0.921. The first kappa shape index (κ1) is 29.0. The molecule has 0 radical (unpaired) electrons. The van der Waals surface area contributed by atoms with Gasteiger partial charge in [-0.25, -0.2) is 0 Å². The Morgan fingerprint density at radius 2 is 0.450 bits per heavy atom. The van der Waals surface area contributed by atoms with Crippen molar-refractivity contribution in [3.05, 3.63) is 0 Å². The Kier molecular flexibility index (Phi) is 23.5. The van der Waals surface area contributed by atoms with Gasteiger partial charge in [0.1, 0.15) is 0 Å². The Labute approximate surface area is 150 Å². The van der Waals surface area contributed by atoms with Crippen molar-refractivity contribution in [2.45, 2.75) is 55.4 Å². The van der Waals surface area contributed by atoms with Gasteiger partial charge in [0.2, 0.25) is 0 Å². The quantitative estimate of drug-likeness (QED) is 0.391. The molecule has 0 aromatic rings. The Hall–Kier alpha value is 0.880. The minimum absolute atomic E-state index is 0. The Balaban J connectivity index is -0.000000116. The van der Waals surface area contributed by atoms with Gasteiger partial charge >= 0.3 is 0 Å². The second-order valence-electron chi connectivity index (χ2n) is 5.21. The lowest BCUT2D eigenvalue weighted by Gasteiger charge is -2.34. The molecule has 0 spiro atoms. The van der Waals surface area contributed by atoms with E-state index in [1.807, 2.05) is 0 Å². The zero-order valence-electron chi connectivity index (χ0n) is 15.3. The number of rotatable bonds is 8. The minimum atomic E-state index is 0. The monoisotopic (exact) mass is 418 g/mol. The van der Waals surface area contributed by atoms with Crippen molar-refractivity contribution >= 4 is 0 Å². The van der Waals surface area contributed by atoms with Gasteiger partial charge in [0.15, 0.2) is 0 Å². The van der Waals surface area contributed by atoms with Crippen molar-refractivity contribution in [3.8, 4) is 0 Å². The van der Waals surface area contributed by atoms with Crippen molar-refractivity contribution in [1.82, 2.24) is 0 Å². The number of nitrogens with zero attached hydrogens (tertiary/aromatic N) is 2. The smallest absolute Gasteiger partial charge is 0.0757 e. The van der Waals surface area contributed by atoms with Gasteiger partial charge in [-0.15, -0.1) is 0 Å². The van der Waals surface area contributed by atoms with Crippen LogP contribution in [0.2, 0.25) is 0 Å². The summed E-state index contributed by atoms with van der Waals surface area (Å²) in [6, 6.07) is 0. The van der Waals surface area contributed by atoms with E-state index in [1.165, 1.54) is 61.3 Å². The Morgan fingerprint density at radius 1 is 0.350 bits per heavy atom. The highest BCUT2D eigenvalue weighted by Crippen LogP contribution is 2.03. The molecule has 0 saturated carbocycles. The Bertz CT molecular complexity index is 124. The minimum Gasteiger partial charge on any atom is -1.00 e. The molecule has 0 rings (SSSR count). The van der Waals surface area contributed by atoms with Crippen molar-refractivity contribution in [2.75, 3.05) is 52.4 Å². The lowest BCUT2D eigenvalue weighted by Crippen LogP contribution is -3.00. The molecule has 0 bridgehead atoms. The standard InChI is InChI=1S/2C8H20N.2BrH/c2*1-5-9(6-2,7-3)8-4;;/h2*5-8H2,1-4H3;2*1H/q2*+1;;/p-2. The molecule has 0 saturated heterocycles. The maximum atomic E-state index is 2.27. The second-order valence-corrected chi connectivity index (χ2v) is 5.21. The van der Waals surface area contributed by atoms with Crippen LogP contribution in [-0.4, -0.2) is 61.3 Å². The maximum Gasteiger partial charge on any atom is 0.0757 e. The summed E-state index contributed by atoms with van der Waals surface area (Å²) in [5.41, 5.74) is 0. The highest BCUT2D eigenvalue weighted by Gasteiger charge is 2.16. The molecule has 2 nitrogen and oxygen atoms in total. The van der Waals surface area contributed by atoms with Crippen molar-refractivity contribution in [3.63, 3.8) is 0 Å². The van der Waals surface area contributed by atoms with Crippen LogP contribution < -0.4 is 34.0 Å². The second kappa shape index (κ2) is 16.3. The van der Waals surface area contributed by atoms with E-state index in [9.17, 15) is 0 Å². The molecule has 0 atom stereocenters. The van der Waals surface area contributed by atoms with Crippen LogP contribution in [0, 0.1) is 0 Å². The lowest BCUT2D eigenvalue weighted by atomic mass is 10.3. The van der Waals surface area contributed by atoms with Gasteiger partial charge < -0.3 is 42.9 Å². The van der Waals surface area contributed by atoms with Crippen molar-refractivity contribution < 1.29 is 42.9 Å². The van der Waals surface area contributed by atoms with E-state index in [0.29, 0.717) is 0 Å². The molecule has 0 heterocycles. The van der Waals surface area contributed by atoms with Gasteiger partial charge in [-0.1, -0.05) is 0 Å². The molecule has 0 aliphatic heterocycles. The molecule has 0 aromatic heterocycles. The molecule has 0 amide bonds. The normalized spacial score (nSPS) is 10.8. The van der Waals surface area contributed by atoms with Crippen molar-refractivity contribution in [2.24, 2.45) is 0 Å². The van der Waals surface area contributed by atoms with Crippen LogP contribution in [-0.2, 0) is 0 Å². The summed E-state index contributed by atoms with van der Waals surface area (Å²) >= 11 is 0. The van der Waals surface area contributed by atoms with E-state index in [2.05, 4.69) is 55.4 Å². The summed E-state index contributed by atoms with van der Waals surface area (Å²) in [4.78, 5) is 0. The van der Waals surface area contributed by atoms with Crippen LogP contribution in [0.15, 0.2) is 0 Å². The maximum absolute atomic E-state index is 2.27. The van der Waals surface area contributed by atoms with Gasteiger partial charge in [-0.2, -0.15) is 0 Å². The average molecular weight is 420 g/mol. The van der Waals surface area contributed by atoms with E-state index in [0.717, 1.165) is 0 Å². The van der Waals surface area contributed by atoms with Gasteiger partial charge in [0, 0.05) is 0 Å². The largest absolute Gasteiger partial charge is 1.00 e. The fraction of sp³-hybridized carbons (Fsp3) is 1.00.